The Balaban J connectivity index is 1.74. The highest BCUT2D eigenvalue weighted by atomic mass is 79.9. The van der Waals surface area contributed by atoms with Crippen LogP contribution in [0.1, 0.15) is 0 Å². The van der Waals surface area contributed by atoms with Crippen molar-refractivity contribution >= 4 is 71.3 Å². The van der Waals surface area contributed by atoms with E-state index in [0.717, 1.165) is 49.0 Å². The summed E-state index contributed by atoms with van der Waals surface area (Å²) < 4.78 is 12.4. The van der Waals surface area contributed by atoms with Gasteiger partial charge in [-0.2, -0.15) is 8.75 Å². The molecule has 7 rings (SSSR count). The first-order valence-corrected chi connectivity index (χ1v) is 12.1. The molecule has 33 heavy (non-hydrogen) atoms. The van der Waals surface area contributed by atoms with Crippen LogP contribution in [0.15, 0.2) is 95.5 Å². The molecule has 0 amide bonds. The molecule has 6 heteroatoms. The van der Waals surface area contributed by atoms with Crippen molar-refractivity contribution in [3.8, 4) is 17.1 Å². The van der Waals surface area contributed by atoms with Gasteiger partial charge in [-0.1, -0.05) is 70.5 Å². The first-order valence-electron chi connectivity index (χ1n) is 10.6. The average Bonchev–Trinajstić information content (AvgIpc) is 3.50. The molecule has 0 atom stereocenters. The maximum Gasteiger partial charge on any atom is 0.148 e. The van der Waals surface area contributed by atoms with Crippen LogP contribution in [-0.4, -0.2) is 18.3 Å². The Hall–Kier alpha value is -3.61. The van der Waals surface area contributed by atoms with E-state index in [1.54, 1.807) is 0 Å². The van der Waals surface area contributed by atoms with Gasteiger partial charge in [-0.15, -0.1) is 0 Å². The zero-order valence-electron chi connectivity index (χ0n) is 17.2. The first kappa shape index (κ1) is 18.9. The second-order valence-electron chi connectivity index (χ2n) is 7.97. The van der Waals surface area contributed by atoms with E-state index in [1.165, 1.54) is 27.9 Å². The second kappa shape index (κ2) is 7.20. The SMILES string of the molecule is Brc1ccc(-n2c(-c3cccc4nsnc34)nc3c4ccccc4c4ccccc4c32)cc1. The van der Waals surface area contributed by atoms with Gasteiger partial charge in [-0.3, -0.25) is 4.57 Å². The van der Waals surface area contributed by atoms with Crippen molar-refractivity contribution in [3.63, 3.8) is 0 Å². The van der Waals surface area contributed by atoms with Gasteiger partial charge in [0.05, 0.1) is 22.8 Å². The second-order valence-corrected chi connectivity index (χ2v) is 9.42. The predicted molar refractivity (Wildman–Crippen MR) is 140 cm³/mol. The molecule has 0 spiro atoms. The molecule has 0 aliphatic heterocycles. The number of hydrogen-bond acceptors (Lipinski definition) is 4. The Morgan fingerprint density at radius 1 is 0.636 bits per heavy atom. The van der Waals surface area contributed by atoms with E-state index in [0.29, 0.717) is 0 Å². The number of benzene rings is 5. The summed E-state index contributed by atoms with van der Waals surface area (Å²) in [6.07, 6.45) is 0. The van der Waals surface area contributed by atoms with Gasteiger partial charge in [-0.05, 0) is 47.2 Å². The third-order valence-electron chi connectivity index (χ3n) is 6.14. The topological polar surface area (TPSA) is 43.6 Å². The lowest BCUT2D eigenvalue weighted by Crippen LogP contribution is -1.98. The summed E-state index contributed by atoms with van der Waals surface area (Å²) >= 11 is 4.81. The van der Waals surface area contributed by atoms with Crippen molar-refractivity contribution in [2.75, 3.05) is 0 Å². The van der Waals surface area contributed by atoms with E-state index in [-0.39, 0.29) is 0 Å². The zero-order valence-corrected chi connectivity index (χ0v) is 19.6. The van der Waals surface area contributed by atoms with Crippen LogP contribution >= 0.6 is 27.7 Å². The summed E-state index contributed by atoms with van der Waals surface area (Å²) in [5.74, 6) is 0.868. The minimum Gasteiger partial charge on any atom is -0.292 e. The summed E-state index contributed by atoms with van der Waals surface area (Å²) in [7, 11) is 0. The maximum atomic E-state index is 5.28. The smallest absolute Gasteiger partial charge is 0.148 e. The Labute approximate surface area is 201 Å². The first-order chi connectivity index (χ1) is 16.3. The lowest BCUT2D eigenvalue weighted by molar-refractivity contribution is 1.11. The van der Waals surface area contributed by atoms with E-state index in [2.05, 4.69) is 108 Å². The molecule has 2 heterocycles. The number of halogens is 1. The Morgan fingerprint density at radius 3 is 2.12 bits per heavy atom. The van der Waals surface area contributed by atoms with Gasteiger partial charge in [0.25, 0.3) is 0 Å². The fraction of sp³-hybridized carbons (Fsp3) is 0. The van der Waals surface area contributed by atoms with Crippen molar-refractivity contribution in [1.29, 1.82) is 0 Å². The number of aromatic nitrogens is 4. The van der Waals surface area contributed by atoms with Gasteiger partial charge in [0.15, 0.2) is 0 Å². The molecule has 7 aromatic rings. The van der Waals surface area contributed by atoms with Crippen molar-refractivity contribution in [2.24, 2.45) is 0 Å². The highest BCUT2D eigenvalue weighted by Crippen LogP contribution is 2.40. The van der Waals surface area contributed by atoms with Crippen LogP contribution in [0.2, 0.25) is 0 Å². The Morgan fingerprint density at radius 2 is 1.33 bits per heavy atom. The number of hydrogen-bond donors (Lipinski definition) is 0. The van der Waals surface area contributed by atoms with Crippen molar-refractivity contribution in [3.05, 3.63) is 95.5 Å². The van der Waals surface area contributed by atoms with Gasteiger partial charge in [-0.25, -0.2) is 4.98 Å². The molecular formula is C27H15BrN4S. The van der Waals surface area contributed by atoms with E-state index in [1.807, 2.05) is 12.1 Å². The molecule has 5 aromatic carbocycles. The summed E-state index contributed by atoms with van der Waals surface area (Å²) in [4.78, 5) is 5.28. The number of nitrogens with zero attached hydrogens (tertiary/aromatic N) is 4. The van der Waals surface area contributed by atoms with Crippen LogP contribution in [0.3, 0.4) is 0 Å². The van der Waals surface area contributed by atoms with E-state index in [9.17, 15) is 0 Å². The quantitative estimate of drug-likeness (QED) is 0.225. The fourth-order valence-corrected chi connectivity index (χ4v) is 5.53. The standard InChI is InChI=1S/C27H15BrN4S/c28-16-12-14-17(15-13-16)32-26-21-9-4-2-7-19(21)18-6-1-3-8-20(18)25(26)29-27(32)22-10-5-11-23-24(22)31-33-30-23/h1-15H. The number of imidazole rings is 1. The van der Waals surface area contributed by atoms with Gasteiger partial charge in [0.1, 0.15) is 16.9 Å². The van der Waals surface area contributed by atoms with E-state index >= 15 is 0 Å². The zero-order chi connectivity index (χ0) is 21.9. The highest BCUT2D eigenvalue weighted by Gasteiger charge is 2.21. The van der Waals surface area contributed by atoms with Crippen molar-refractivity contribution < 1.29 is 0 Å². The van der Waals surface area contributed by atoms with Crippen LogP contribution in [0.5, 0.6) is 0 Å². The van der Waals surface area contributed by atoms with Crippen molar-refractivity contribution in [1.82, 2.24) is 18.3 Å². The monoisotopic (exact) mass is 506 g/mol. The Kier molecular flexibility index (Phi) is 4.13. The average molecular weight is 507 g/mol. The van der Waals surface area contributed by atoms with Crippen LogP contribution in [0.25, 0.3) is 60.7 Å². The third kappa shape index (κ3) is 2.78. The molecule has 0 bridgehead atoms. The molecule has 156 valence electrons. The molecule has 4 nitrogen and oxygen atoms in total. The van der Waals surface area contributed by atoms with Gasteiger partial charge >= 0.3 is 0 Å². The van der Waals surface area contributed by atoms with Crippen LogP contribution in [-0.2, 0) is 0 Å². The largest absolute Gasteiger partial charge is 0.292 e. The summed E-state index contributed by atoms with van der Waals surface area (Å²) in [5.41, 5.74) is 5.89. The molecule has 2 aromatic heterocycles. The predicted octanol–water partition coefficient (Wildman–Crippen LogP) is 7.77. The molecular weight excluding hydrogens is 492 g/mol. The minimum atomic E-state index is 0.868. The summed E-state index contributed by atoms with van der Waals surface area (Å²) in [6, 6.07) is 31.6. The fourth-order valence-electron chi connectivity index (χ4n) is 4.71. The van der Waals surface area contributed by atoms with Gasteiger partial charge < -0.3 is 0 Å². The normalized spacial score (nSPS) is 11.8. The molecule has 0 aliphatic rings. The van der Waals surface area contributed by atoms with Gasteiger partial charge in [0.2, 0.25) is 0 Å². The van der Waals surface area contributed by atoms with Gasteiger partial charge in [0, 0.05) is 26.5 Å². The molecule has 0 saturated carbocycles. The molecule has 0 unspecified atom stereocenters. The van der Waals surface area contributed by atoms with Crippen LogP contribution in [0.4, 0.5) is 0 Å². The highest BCUT2D eigenvalue weighted by molar-refractivity contribution is 9.10. The van der Waals surface area contributed by atoms with E-state index in [4.69, 9.17) is 4.98 Å². The third-order valence-corrected chi connectivity index (χ3v) is 7.21. The maximum absolute atomic E-state index is 5.28. The van der Waals surface area contributed by atoms with Crippen molar-refractivity contribution in [2.45, 2.75) is 0 Å². The lowest BCUT2D eigenvalue weighted by atomic mass is 10.00. The molecule has 0 fully saturated rings. The lowest BCUT2D eigenvalue weighted by Gasteiger charge is -2.12. The molecule has 0 radical (unpaired) electrons. The molecule has 0 N–H and O–H groups in total. The Bertz CT molecular complexity index is 1830. The van der Waals surface area contributed by atoms with E-state index < -0.39 is 0 Å². The van der Waals surface area contributed by atoms with Crippen LogP contribution in [0, 0.1) is 0 Å². The number of fused-ring (bicyclic) bond motifs is 7. The summed E-state index contributed by atoms with van der Waals surface area (Å²) in [6.45, 7) is 0. The minimum absolute atomic E-state index is 0.868. The molecule has 0 saturated heterocycles. The van der Waals surface area contributed by atoms with Crippen LogP contribution < -0.4 is 0 Å². The number of rotatable bonds is 2. The summed E-state index contributed by atoms with van der Waals surface area (Å²) in [5, 5.41) is 4.75. The molecule has 0 aliphatic carbocycles.